The Bertz CT molecular complexity index is 733. The lowest BCUT2D eigenvalue weighted by Crippen LogP contribution is -2.48. The van der Waals surface area contributed by atoms with Gasteiger partial charge < -0.3 is 25.1 Å². The number of nitrogens with zero attached hydrogens (tertiary/aromatic N) is 1. The number of nitrogens with one attached hydrogen (secondary N) is 1. The number of carboxylic acid groups (broad SMARTS) is 2. The van der Waals surface area contributed by atoms with E-state index < -0.39 is 11.9 Å². The third kappa shape index (κ3) is 5.56. The first-order valence-corrected chi connectivity index (χ1v) is 9.26. The van der Waals surface area contributed by atoms with Crippen molar-refractivity contribution in [1.29, 1.82) is 0 Å². The molecule has 0 saturated carbocycles. The molecule has 0 aromatic heterocycles. The largest absolute Gasteiger partial charge is 0.478 e. The van der Waals surface area contributed by atoms with Gasteiger partial charge in [-0.05, 0) is 18.4 Å². The molecule has 28 heavy (non-hydrogen) atoms. The topological polar surface area (TPSA) is 117 Å². The number of piperidine rings is 1. The highest BCUT2D eigenvalue weighted by Gasteiger charge is 2.49. The number of hydrogen-bond acceptors (Lipinski definition) is 6. The van der Waals surface area contributed by atoms with Crippen molar-refractivity contribution in [2.45, 2.75) is 56.4 Å². The van der Waals surface area contributed by atoms with Crippen molar-refractivity contribution in [1.82, 2.24) is 5.32 Å². The molecule has 3 heterocycles. The van der Waals surface area contributed by atoms with Gasteiger partial charge in [-0.15, -0.1) is 0 Å². The molecule has 8 heteroatoms. The summed E-state index contributed by atoms with van der Waals surface area (Å²) >= 11 is 0. The minimum absolute atomic E-state index is 0.0941. The summed E-state index contributed by atoms with van der Waals surface area (Å²) in [5.41, 5.74) is 1.07. The second-order valence-corrected chi connectivity index (χ2v) is 7.27. The third-order valence-electron chi connectivity index (χ3n) is 5.00. The summed E-state index contributed by atoms with van der Waals surface area (Å²) in [5.74, 6) is -1.75. The summed E-state index contributed by atoms with van der Waals surface area (Å²) in [6.07, 6.45) is 6.61. The number of rotatable bonds is 4. The highest BCUT2D eigenvalue weighted by molar-refractivity contribution is 5.89. The zero-order valence-corrected chi connectivity index (χ0v) is 15.4. The van der Waals surface area contributed by atoms with Crippen LogP contribution in [-0.2, 0) is 25.8 Å². The lowest BCUT2D eigenvalue weighted by atomic mass is 9.85. The summed E-state index contributed by atoms with van der Waals surface area (Å²) < 4.78 is 5.81. The fraction of sp³-hybridized carbons (Fsp3) is 0.450. The van der Waals surface area contributed by atoms with Gasteiger partial charge in [0.1, 0.15) is 12.2 Å². The molecule has 1 spiro atoms. The van der Waals surface area contributed by atoms with Crippen LogP contribution < -0.4 is 5.32 Å². The second kappa shape index (κ2) is 8.88. The third-order valence-corrected chi connectivity index (χ3v) is 5.00. The zero-order valence-electron chi connectivity index (χ0n) is 15.4. The van der Waals surface area contributed by atoms with Crippen molar-refractivity contribution in [3.63, 3.8) is 0 Å². The molecule has 0 amide bonds. The molecule has 150 valence electrons. The van der Waals surface area contributed by atoms with Crippen molar-refractivity contribution < 1.29 is 29.4 Å². The van der Waals surface area contributed by atoms with Crippen LogP contribution in [0.2, 0.25) is 0 Å². The monoisotopic (exact) mass is 388 g/mol. The highest BCUT2D eigenvalue weighted by Crippen LogP contribution is 2.41. The number of fused-ring (bicyclic) bond motifs is 2. The van der Waals surface area contributed by atoms with Crippen LogP contribution in [0.25, 0.3) is 0 Å². The molecule has 0 aliphatic carbocycles. The fourth-order valence-corrected chi connectivity index (χ4v) is 3.87. The average molecular weight is 388 g/mol. The van der Waals surface area contributed by atoms with E-state index in [-0.39, 0.29) is 5.60 Å². The summed E-state index contributed by atoms with van der Waals surface area (Å²) in [6, 6.07) is 11.4. The molecule has 1 unspecified atom stereocenters. The normalized spacial score (nSPS) is 27.6. The predicted molar refractivity (Wildman–Crippen MR) is 101 cm³/mol. The number of aliphatic carboxylic acids is 2. The number of ether oxygens (including phenoxy) is 1. The van der Waals surface area contributed by atoms with Gasteiger partial charge in [0.05, 0.1) is 6.42 Å². The van der Waals surface area contributed by atoms with Crippen molar-refractivity contribution in [2.24, 2.45) is 5.16 Å². The van der Waals surface area contributed by atoms with Crippen LogP contribution in [0.15, 0.2) is 47.6 Å². The first kappa shape index (κ1) is 19.9. The van der Waals surface area contributed by atoms with Crippen molar-refractivity contribution >= 4 is 17.8 Å². The van der Waals surface area contributed by atoms with E-state index in [4.69, 9.17) is 19.8 Å². The summed E-state index contributed by atoms with van der Waals surface area (Å²) in [6.45, 7) is 0.574. The van der Waals surface area contributed by atoms with E-state index in [0.29, 0.717) is 30.8 Å². The van der Waals surface area contributed by atoms with E-state index >= 15 is 0 Å². The number of carbonyl (C=O) groups is 2. The molecular formula is C20H24N2O6. The van der Waals surface area contributed by atoms with Gasteiger partial charge in [0, 0.05) is 37.1 Å². The van der Waals surface area contributed by atoms with E-state index in [9.17, 15) is 9.59 Å². The van der Waals surface area contributed by atoms with Gasteiger partial charge in [0.25, 0.3) is 0 Å². The molecule has 2 saturated heterocycles. The lowest BCUT2D eigenvalue weighted by Gasteiger charge is -2.35. The Hall–Kier alpha value is -2.87. The van der Waals surface area contributed by atoms with Gasteiger partial charge >= 0.3 is 11.9 Å². The van der Waals surface area contributed by atoms with E-state index in [2.05, 4.69) is 22.6 Å². The molecule has 4 rings (SSSR count). The molecule has 3 aliphatic rings. The van der Waals surface area contributed by atoms with Crippen molar-refractivity contribution in [3.05, 3.63) is 48.0 Å². The van der Waals surface area contributed by atoms with Gasteiger partial charge in [-0.3, -0.25) is 0 Å². The smallest absolute Gasteiger partial charge is 0.328 e. The Labute approximate surface area is 162 Å². The van der Waals surface area contributed by atoms with Gasteiger partial charge in [-0.1, -0.05) is 35.5 Å². The maximum atomic E-state index is 9.55. The zero-order chi connectivity index (χ0) is 20.0. The van der Waals surface area contributed by atoms with E-state index in [1.807, 2.05) is 18.2 Å². The molecule has 3 atom stereocenters. The number of oxime groups is 1. The molecule has 0 radical (unpaired) electrons. The number of carboxylic acids is 2. The molecule has 3 aliphatic heterocycles. The maximum absolute atomic E-state index is 9.55. The first-order chi connectivity index (χ1) is 13.4. The van der Waals surface area contributed by atoms with Crippen LogP contribution in [-0.4, -0.2) is 45.7 Å². The van der Waals surface area contributed by atoms with Gasteiger partial charge in [0.2, 0.25) is 5.90 Å². The highest BCUT2D eigenvalue weighted by atomic mass is 16.7. The predicted octanol–water partition coefficient (Wildman–Crippen LogP) is 2.30. The van der Waals surface area contributed by atoms with Crippen molar-refractivity contribution in [2.75, 3.05) is 0 Å². The van der Waals surface area contributed by atoms with Crippen LogP contribution in [0.4, 0.5) is 0 Å². The minimum Gasteiger partial charge on any atom is -0.478 e. The quantitative estimate of drug-likeness (QED) is 0.678. The molecule has 2 bridgehead atoms. The molecule has 3 N–H and O–H groups in total. The van der Waals surface area contributed by atoms with Gasteiger partial charge in [0.15, 0.2) is 0 Å². The number of hydrogen-bond donors (Lipinski definition) is 3. The molecule has 1 aromatic rings. The van der Waals surface area contributed by atoms with E-state index in [1.54, 1.807) is 0 Å². The fourth-order valence-electron chi connectivity index (χ4n) is 3.87. The molecule has 1 aromatic carbocycles. The van der Waals surface area contributed by atoms with E-state index in [1.165, 1.54) is 18.4 Å². The Balaban J connectivity index is 0.000000242. The number of benzene rings is 1. The van der Waals surface area contributed by atoms with Crippen LogP contribution >= 0.6 is 0 Å². The van der Waals surface area contributed by atoms with Crippen molar-refractivity contribution in [3.8, 4) is 0 Å². The average Bonchev–Trinajstić information content (AvgIpc) is 3.22. The van der Waals surface area contributed by atoms with Crippen LogP contribution in [0.5, 0.6) is 0 Å². The Kier molecular flexibility index (Phi) is 6.30. The van der Waals surface area contributed by atoms with Gasteiger partial charge in [-0.25, -0.2) is 9.59 Å². The van der Waals surface area contributed by atoms with Crippen LogP contribution in [0.1, 0.15) is 37.7 Å². The lowest BCUT2D eigenvalue weighted by molar-refractivity contribution is -0.134. The molecular weight excluding hydrogens is 364 g/mol. The minimum atomic E-state index is -1.26. The summed E-state index contributed by atoms with van der Waals surface area (Å²) in [4.78, 5) is 24.9. The van der Waals surface area contributed by atoms with E-state index in [0.717, 1.165) is 25.2 Å². The summed E-state index contributed by atoms with van der Waals surface area (Å²) in [5, 5.41) is 23.5. The molecule has 8 nitrogen and oxygen atoms in total. The first-order valence-electron chi connectivity index (χ1n) is 9.26. The SMILES string of the molecule is O=C(O)/C=C/C(=O)O.c1ccc(COC2=NOC3(C2)C[C@H]2CC[C@@H](C3)N2)cc1. The standard InChI is InChI=1S/C16H20N2O2.C4H4O4/c1-2-4-12(5-3-1)11-19-15-10-16(20-18-15)8-13-6-7-14(9-16)17-13;5-3(6)1-2-4(7)8/h1-5,13-14,17H,6-11H2;1-2H,(H,5,6)(H,7,8)/b;2-1+/t13-,14+,16?;. The Morgan fingerprint density at radius 1 is 1.14 bits per heavy atom. The Morgan fingerprint density at radius 3 is 2.32 bits per heavy atom. The van der Waals surface area contributed by atoms with Gasteiger partial charge in [-0.2, -0.15) is 0 Å². The van der Waals surface area contributed by atoms with Crippen LogP contribution in [0.3, 0.4) is 0 Å². The Morgan fingerprint density at radius 2 is 1.75 bits per heavy atom. The summed E-state index contributed by atoms with van der Waals surface area (Å²) in [7, 11) is 0. The van der Waals surface area contributed by atoms with Crippen LogP contribution in [0, 0.1) is 0 Å². The molecule has 2 fully saturated rings. The second-order valence-electron chi connectivity index (χ2n) is 7.27. The maximum Gasteiger partial charge on any atom is 0.328 e.